The first-order chi connectivity index (χ1) is 14.5. The number of amides is 3. The zero-order chi connectivity index (χ0) is 21.3. The largest absolute Gasteiger partial charge is 0.394 e. The standard InChI is InChI=1S/C20H26F2N4O4/c21-14-2-1-13(9-15(14)22)17(11-27)24-5-7-25(8-6-24)20(29)26-4-3-18-16(10-26)23-19(28)12-30-18/h1-2,9,16-18,27H,3-8,10-12H2,(H,23,28)/t16-,17?,18+/m1/s1. The number of carbonyl (C=O) groups excluding carboxylic acids is 2. The number of benzene rings is 1. The maximum absolute atomic E-state index is 13.6. The lowest BCUT2D eigenvalue weighted by Gasteiger charge is -2.44. The lowest BCUT2D eigenvalue weighted by Crippen LogP contribution is -2.63. The summed E-state index contributed by atoms with van der Waals surface area (Å²) in [7, 11) is 0. The molecule has 1 aromatic carbocycles. The highest BCUT2D eigenvalue weighted by Gasteiger charge is 2.38. The number of hydrogen-bond acceptors (Lipinski definition) is 5. The SMILES string of the molecule is O=C1CO[C@H]2CCN(C(=O)N3CCN(C(CO)c4ccc(F)c(F)c4)CC3)C[C@H]2N1. The Morgan fingerprint density at radius 1 is 1.17 bits per heavy atom. The van der Waals surface area contributed by atoms with Gasteiger partial charge in [-0.05, 0) is 24.1 Å². The van der Waals surface area contributed by atoms with Crippen LogP contribution in [0.5, 0.6) is 0 Å². The van der Waals surface area contributed by atoms with Gasteiger partial charge in [-0.3, -0.25) is 9.69 Å². The van der Waals surface area contributed by atoms with Gasteiger partial charge in [0, 0.05) is 39.3 Å². The molecule has 3 heterocycles. The van der Waals surface area contributed by atoms with E-state index in [-0.39, 0.29) is 37.3 Å². The molecule has 3 fully saturated rings. The minimum Gasteiger partial charge on any atom is -0.394 e. The number of nitrogens with one attached hydrogen (secondary N) is 1. The Morgan fingerprint density at radius 2 is 1.93 bits per heavy atom. The molecule has 8 nitrogen and oxygen atoms in total. The second-order valence-corrected chi connectivity index (χ2v) is 7.94. The van der Waals surface area contributed by atoms with E-state index in [0.717, 1.165) is 12.1 Å². The lowest BCUT2D eigenvalue weighted by atomic mass is 10.0. The number of piperazine rings is 1. The van der Waals surface area contributed by atoms with Crippen LogP contribution in [0.1, 0.15) is 18.0 Å². The molecular weight excluding hydrogens is 398 g/mol. The van der Waals surface area contributed by atoms with E-state index in [1.807, 2.05) is 4.90 Å². The molecule has 3 aliphatic heterocycles. The number of morpholine rings is 1. The van der Waals surface area contributed by atoms with Crippen LogP contribution >= 0.6 is 0 Å². The second kappa shape index (κ2) is 8.83. The summed E-state index contributed by atoms with van der Waals surface area (Å²) < 4.78 is 32.3. The number of halogens is 2. The second-order valence-electron chi connectivity index (χ2n) is 7.94. The van der Waals surface area contributed by atoms with Gasteiger partial charge in [-0.25, -0.2) is 13.6 Å². The number of ether oxygens (including phenoxy) is 1. The molecular formula is C20H26F2N4O4. The highest BCUT2D eigenvalue weighted by atomic mass is 19.2. The van der Waals surface area contributed by atoms with Gasteiger partial charge in [0.05, 0.1) is 24.8 Å². The van der Waals surface area contributed by atoms with Crippen molar-refractivity contribution in [2.45, 2.75) is 24.6 Å². The Labute approximate surface area is 173 Å². The molecule has 0 saturated carbocycles. The molecule has 30 heavy (non-hydrogen) atoms. The van der Waals surface area contributed by atoms with E-state index in [1.54, 1.807) is 9.80 Å². The molecule has 0 aliphatic carbocycles. The molecule has 4 rings (SSSR count). The molecule has 3 amide bonds. The number of fused-ring (bicyclic) bond motifs is 1. The average molecular weight is 424 g/mol. The summed E-state index contributed by atoms with van der Waals surface area (Å²) in [5.74, 6) is -2.03. The number of rotatable bonds is 3. The zero-order valence-corrected chi connectivity index (χ0v) is 16.6. The average Bonchev–Trinajstić information content (AvgIpc) is 2.76. The van der Waals surface area contributed by atoms with Gasteiger partial charge < -0.3 is 25.0 Å². The van der Waals surface area contributed by atoms with E-state index < -0.39 is 17.7 Å². The quantitative estimate of drug-likeness (QED) is 0.731. The highest BCUT2D eigenvalue weighted by molar-refractivity contribution is 5.79. The van der Waals surface area contributed by atoms with E-state index >= 15 is 0 Å². The fourth-order valence-electron chi connectivity index (χ4n) is 4.45. The molecule has 10 heteroatoms. The smallest absolute Gasteiger partial charge is 0.320 e. The van der Waals surface area contributed by atoms with Crippen molar-refractivity contribution in [3.8, 4) is 0 Å². The van der Waals surface area contributed by atoms with Gasteiger partial charge in [0.25, 0.3) is 0 Å². The van der Waals surface area contributed by atoms with Gasteiger partial charge in [-0.15, -0.1) is 0 Å². The van der Waals surface area contributed by atoms with Gasteiger partial charge in [0.15, 0.2) is 11.6 Å². The van der Waals surface area contributed by atoms with Crippen molar-refractivity contribution >= 4 is 11.9 Å². The predicted octanol–water partition coefficient (Wildman–Crippen LogP) is 0.325. The number of aliphatic hydroxyl groups is 1. The zero-order valence-electron chi connectivity index (χ0n) is 16.6. The molecule has 3 aliphatic rings. The van der Waals surface area contributed by atoms with Crippen LogP contribution < -0.4 is 5.32 Å². The summed E-state index contributed by atoms with van der Waals surface area (Å²) in [5.41, 5.74) is 0.506. The van der Waals surface area contributed by atoms with E-state index in [2.05, 4.69) is 5.32 Å². The van der Waals surface area contributed by atoms with Crippen molar-refractivity contribution in [3.63, 3.8) is 0 Å². The van der Waals surface area contributed by atoms with Crippen molar-refractivity contribution in [2.24, 2.45) is 0 Å². The third-order valence-corrected chi connectivity index (χ3v) is 6.12. The highest BCUT2D eigenvalue weighted by Crippen LogP contribution is 2.24. The number of nitrogens with zero attached hydrogens (tertiary/aromatic N) is 3. The number of likely N-dealkylation sites (tertiary alicyclic amines) is 1. The number of hydrogen-bond donors (Lipinski definition) is 2. The molecule has 2 N–H and O–H groups in total. The van der Waals surface area contributed by atoms with Crippen molar-refractivity contribution in [3.05, 3.63) is 35.4 Å². The first kappa shape index (κ1) is 21.0. The molecule has 1 unspecified atom stereocenters. The Balaban J connectivity index is 1.34. The van der Waals surface area contributed by atoms with Crippen LogP contribution in [-0.2, 0) is 9.53 Å². The lowest BCUT2D eigenvalue weighted by molar-refractivity contribution is -0.139. The van der Waals surface area contributed by atoms with Gasteiger partial charge >= 0.3 is 6.03 Å². The van der Waals surface area contributed by atoms with E-state index in [4.69, 9.17) is 4.74 Å². The monoisotopic (exact) mass is 424 g/mol. The van der Waals surface area contributed by atoms with Crippen LogP contribution in [0, 0.1) is 11.6 Å². The van der Waals surface area contributed by atoms with Crippen molar-refractivity contribution < 1.29 is 28.2 Å². The van der Waals surface area contributed by atoms with Crippen LogP contribution in [0.2, 0.25) is 0 Å². The van der Waals surface area contributed by atoms with Crippen LogP contribution in [0.3, 0.4) is 0 Å². The van der Waals surface area contributed by atoms with Crippen molar-refractivity contribution in [1.29, 1.82) is 0 Å². The predicted molar refractivity (Wildman–Crippen MR) is 103 cm³/mol. The summed E-state index contributed by atoms with van der Waals surface area (Å²) >= 11 is 0. The first-order valence-corrected chi connectivity index (χ1v) is 10.2. The third-order valence-electron chi connectivity index (χ3n) is 6.12. The van der Waals surface area contributed by atoms with Gasteiger partial charge in [0.2, 0.25) is 5.91 Å². The first-order valence-electron chi connectivity index (χ1n) is 10.2. The summed E-state index contributed by atoms with van der Waals surface area (Å²) in [6.07, 6.45) is 0.629. The summed E-state index contributed by atoms with van der Waals surface area (Å²) in [6, 6.07) is 2.92. The van der Waals surface area contributed by atoms with E-state index in [0.29, 0.717) is 51.3 Å². The number of piperidine rings is 1. The topological polar surface area (TPSA) is 85.4 Å². The van der Waals surface area contributed by atoms with Gasteiger partial charge in [-0.2, -0.15) is 0 Å². The van der Waals surface area contributed by atoms with Gasteiger partial charge in [-0.1, -0.05) is 6.07 Å². The molecule has 3 saturated heterocycles. The van der Waals surface area contributed by atoms with Crippen molar-refractivity contribution in [2.75, 3.05) is 52.5 Å². The van der Waals surface area contributed by atoms with E-state index in [1.165, 1.54) is 6.07 Å². The summed E-state index contributed by atoms with van der Waals surface area (Å²) in [5, 5.41) is 12.7. The molecule has 3 atom stereocenters. The number of carbonyl (C=O) groups is 2. The maximum Gasteiger partial charge on any atom is 0.320 e. The summed E-state index contributed by atoms with van der Waals surface area (Å²) in [6.45, 7) is 2.78. The van der Waals surface area contributed by atoms with Gasteiger partial charge in [0.1, 0.15) is 6.61 Å². The van der Waals surface area contributed by atoms with E-state index in [9.17, 15) is 23.5 Å². The maximum atomic E-state index is 13.6. The number of aliphatic hydroxyl groups excluding tert-OH is 1. The molecule has 0 aromatic heterocycles. The van der Waals surface area contributed by atoms with Crippen molar-refractivity contribution in [1.82, 2.24) is 20.0 Å². The Bertz CT molecular complexity index is 803. The van der Waals surface area contributed by atoms with Crippen LogP contribution in [0.4, 0.5) is 13.6 Å². The molecule has 0 bridgehead atoms. The minimum atomic E-state index is -0.943. The summed E-state index contributed by atoms with van der Waals surface area (Å²) in [4.78, 5) is 30.0. The van der Waals surface area contributed by atoms with Crippen LogP contribution in [0.25, 0.3) is 0 Å². The fraction of sp³-hybridized carbons (Fsp3) is 0.600. The molecule has 0 radical (unpaired) electrons. The Kier molecular flexibility index (Phi) is 6.16. The van der Waals surface area contributed by atoms with Crippen LogP contribution in [-0.4, -0.2) is 96.4 Å². The fourth-order valence-corrected chi connectivity index (χ4v) is 4.45. The third kappa shape index (κ3) is 4.26. The Hall–Kier alpha value is -2.30. The number of urea groups is 1. The molecule has 0 spiro atoms. The minimum absolute atomic E-state index is 0.0509. The van der Waals surface area contributed by atoms with Crippen LogP contribution in [0.15, 0.2) is 18.2 Å². The normalized spacial score (nSPS) is 26.2. The molecule has 164 valence electrons. The Morgan fingerprint density at radius 3 is 2.63 bits per heavy atom. The molecule has 1 aromatic rings.